The van der Waals surface area contributed by atoms with Gasteiger partial charge in [-0.3, -0.25) is 0 Å². The van der Waals surface area contributed by atoms with Gasteiger partial charge in [-0.2, -0.15) is 13.2 Å². The van der Waals surface area contributed by atoms with Gasteiger partial charge in [0.1, 0.15) is 6.54 Å². The highest BCUT2D eigenvalue weighted by Crippen LogP contribution is 2.28. The topological polar surface area (TPSA) is 12.0 Å². The van der Waals surface area contributed by atoms with E-state index in [0.29, 0.717) is 10.2 Å². The van der Waals surface area contributed by atoms with Crippen LogP contribution in [0.5, 0.6) is 0 Å². The van der Waals surface area contributed by atoms with Crippen LogP contribution in [0.2, 0.25) is 0 Å². The van der Waals surface area contributed by atoms with Crippen molar-refractivity contribution in [2.24, 2.45) is 0 Å². The fraction of sp³-hybridized carbons (Fsp3) is 0.400. The van der Waals surface area contributed by atoms with Gasteiger partial charge in [-0.05, 0) is 47.0 Å². The zero-order chi connectivity index (χ0) is 11.6. The molecule has 0 bridgehead atoms. The summed E-state index contributed by atoms with van der Waals surface area (Å²) in [6.07, 6.45) is -4.20. The van der Waals surface area contributed by atoms with E-state index in [9.17, 15) is 13.2 Å². The van der Waals surface area contributed by atoms with Crippen molar-refractivity contribution in [1.82, 2.24) is 0 Å². The summed E-state index contributed by atoms with van der Waals surface area (Å²) in [7, 11) is 0. The van der Waals surface area contributed by atoms with E-state index >= 15 is 0 Å². The molecule has 0 heterocycles. The van der Waals surface area contributed by atoms with Gasteiger partial charge in [-0.1, -0.05) is 6.07 Å². The molecule has 0 saturated carbocycles. The SMILES string of the molecule is Cc1cc(C)c(NCC(F)(F)F)c(Br)c1. The van der Waals surface area contributed by atoms with Crippen molar-refractivity contribution in [2.75, 3.05) is 11.9 Å². The van der Waals surface area contributed by atoms with Crippen LogP contribution in [0.1, 0.15) is 11.1 Å². The number of rotatable bonds is 2. The van der Waals surface area contributed by atoms with Crippen LogP contribution < -0.4 is 5.32 Å². The van der Waals surface area contributed by atoms with Crippen LogP contribution >= 0.6 is 15.9 Å². The number of nitrogens with one attached hydrogen (secondary N) is 1. The van der Waals surface area contributed by atoms with Crippen molar-refractivity contribution in [1.29, 1.82) is 0 Å². The van der Waals surface area contributed by atoms with Gasteiger partial charge < -0.3 is 5.32 Å². The predicted octanol–water partition coefficient (Wildman–Crippen LogP) is 4.04. The highest BCUT2D eigenvalue weighted by molar-refractivity contribution is 9.10. The monoisotopic (exact) mass is 281 g/mol. The first-order valence-corrected chi connectivity index (χ1v) is 5.16. The minimum atomic E-state index is -4.20. The minimum Gasteiger partial charge on any atom is -0.375 e. The Bertz CT molecular complexity index is 337. The first kappa shape index (κ1) is 12.4. The van der Waals surface area contributed by atoms with Gasteiger partial charge in [-0.15, -0.1) is 0 Å². The normalized spacial score (nSPS) is 11.6. The largest absolute Gasteiger partial charge is 0.405 e. The zero-order valence-electron chi connectivity index (χ0n) is 8.37. The Labute approximate surface area is 94.8 Å². The van der Waals surface area contributed by atoms with Gasteiger partial charge in [0.25, 0.3) is 0 Å². The molecule has 1 aromatic carbocycles. The van der Waals surface area contributed by atoms with Crippen LogP contribution in [0.4, 0.5) is 18.9 Å². The lowest BCUT2D eigenvalue weighted by atomic mass is 10.1. The molecule has 0 radical (unpaired) electrons. The van der Waals surface area contributed by atoms with E-state index in [1.165, 1.54) is 0 Å². The van der Waals surface area contributed by atoms with Crippen LogP contribution in [0, 0.1) is 13.8 Å². The first-order chi connectivity index (χ1) is 6.79. The predicted molar refractivity (Wildman–Crippen MR) is 58.2 cm³/mol. The number of aryl methyl sites for hydroxylation is 2. The lowest BCUT2D eigenvalue weighted by molar-refractivity contribution is -0.115. The van der Waals surface area contributed by atoms with E-state index in [1.807, 2.05) is 13.0 Å². The molecule has 0 aliphatic carbocycles. The number of benzene rings is 1. The van der Waals surface area contributed by atoms with Crippen molar-refractivity contribution in [3.05, 3.63) is 27.7 Å². The molecule has 1 nitrogen and oxygen atoms in total. The second-order valence-electron chi connectivity index (χ2n) is 3.41. The quantitative estimate of drug-likeness (QED) is 0.863. The van der Waals surface area contributed by atoms with E-state index in [-0.39, 0.29) is 0 Å². The molecule has 5 heteroatoms. The maximum Gasteiger partial charge on any atom is 0.405 e. The van der Waals surface area contributed by atoms with Crippen molar-refractivity contribution in [3.8, 4) is 0 Å². The molecule has 0 spiro atoms. The number of hydrogen-bond acceptors (Lipinski definition) is 1. The second-order valence-corrected chi connectivity index (χ2v) is 4.26. The molecule has 84 valence electrons. The van der Waals surface area contributed by atoms with Crippen LogP contribution in [0.25, 0.3) is 0 Å². The van der Waals surface area contributed by atoms with Crippen molar-refractivity contribution >= 4 is 21.6 Å². The molecule has 0 aliphatic rings. The van der Waals surface area contributed by atoms with E-state index in [1.54, 1.807) is 13.0 Å². The molecule has 0 aliphatic heterocycles. The van der Waals surface area contributed by atoms with Crippen molar-refractivity contribution in [3.63, 3.8) is 0 Å². The van der Waals surface area contributed by atoms with Gasteiger partial charge in [0.15, 0.2) is 0 Å². The molecule has 1 aromatic rings. The van der Waals surface area contributed by atoms with Crippen LogP contribution in [-0.4, -0.2) is 12.7 Å². The maximum absolute atomic E-state index is 12.0. The third-order valence-electron chi connectivity index (χ3n) is 1.90. The lowest BCUT2D eigenvalue weighted by Gasteiger charge is -2.14. The van der Waals surface area contributed by atoms with Gasteiger partial charge >= 0.3 is 6.18 Å². The Morgan fingerprint density at radius 1 is 1.27 bits per heavy atom. The molecule has 0 unspecified atom stereocenters. The van der Waals surface area contributed by atoms with Crippen LogP contribution in [-0.2, 0) is 0 Å². The Balaban J connectivity index is 2.86. The van der Waals surface area contributed by atoms with Gasteiger partial charge in [0.05, 0.1) is 5.69 Å². The summed E-state index contributed by atoms with van der Waals surface area (Å²) in [5.74, 6) is 0. The molecular formula is C10H11BrF3N. The van der Waals surface area contributed by atoms with E-state index in [4.69, 9.17) is 0 Å². The Morgan fingerprint density at radius 3 is 2.33 bits per heavy atom. The summed E-state index contributed by atoms with van der Waals surface area (Å²) in [6.45, 7) is 2.65. The van der Waals surface area contributed by atoms with Crippen molar-refractivity contribution in [2.45, 2.75) is 20.0 Å². The molecule has 0 saturated heterocycles. The summed E-state index contributed by atoms with van der Waals surface area (Å²) >= 11 is 3.24. The Kier molecular flexibility index (Phi) is 3.65. The number of hydrogen-bond donors (Lipinski definition) is 1. The molecule has 0 amide bonds. The fourth-order valence-corrected chi connectivity index (χ4v) is 2.14. The molecule has 0 atom stereocenters. The molecule has 1 N–H and O–H groups in total. The van der Waals surface area contributed by atoms with Gasteiger partial charge in [-0.25, -0.2) is 0 Å². The standard InChI is InChI=1S/C10H11BrF3N/c1-6-3-7(2)9(8(11)4-6)15-5-10(12,13)14/h3-4,15H,5H2,1-2H3. The van der Waals surface area contributed by atoms with E-state index in [2.05, 4.69) is 21.2 Å². The lowest BCUT2D eigenvalue weighted by Crippen LogP contribution is -2.21. The van der Waals surface area contributed by atoms with E-state index < -0.39 is 12.7 Å². The molecule has 1 rings (SSSR count). The average Bonchev–Trinajstić information content (AvgIpc) is 1.99. The molecule has 0 fully saturated rings. The smallest absolute Gasteiger partial charge is 0.375 e. The molecule has 0 aromatic heterocycles. The Morgan fingerprint density at radius 2 is 1.87 bits per heavy atom. The zero-order valence-corrected chi connectivity index (χ0v) is 9.96. The summed E-state index contributed by atoms with van der Waals surface area (Å²) in [5, 5.41) is 2.38. The third kappa shape index (κ3) is 3.74. The minimum absolute atomic E-state index is 0.498. The first-order valence-electron chi connectivity index (χ1n) is 4.37. The fourth-order valence-electron chi connectivity index (χ4n) is 1.33. The van der Waals surface area contributed by atoms with Crippen molar-refractivity contribution < 1.29 is 13.2 Å². The van der Waals surface area contributed by atoms with Gasteiger partial charge in [0, 0.05) is 4.47 Å². The van der Waals surface area contributed by atoms with E-state index in [0.717, 1.165) is 11.1 Å². The Hall–Kier alpha value is -0.710. The second kappa shape index (κ2) is 4.43. The van der Waals surface area contributed by atoms with Gasteiger partial charge in [0.2, 0.25) is 0 Å². The summed E-state index contributed by atoms with van der Waals surface area (Å²) in [6, 6.07) is 3.62. The maximum atomic E-state index is 12.0. The molecular weight excluding hydrogens is 271 g/mol. The van der Waals surface area contributed by atoms with Crippen LogP contribution in [0.3, 0.4) is 0 Å². The summed E-state index contributed by atoms with van der Waals surface area (Å²) < 4.78 is 36.7. The summed E-state index contributed by atoms with van der Waals surface area (Å²) in [5.41, 5.74) is 2.31. The molecule has 15 heavy (non-hydrogen) atoms. The number of alkyl halides is 3. The highest BCUT2D eigenvalue weighted by atomic mass is 79.9. The number of halogens is 4. The third-order valence-corrected chi connectivity index (χ3v) is 2.52. The average molecular weight is 282 g/mol. The van der Waals surface area contributed by atoms with Crippen LogP contribution in [0.15, 0.2) is 16.6 Å². The number of anilines is 1. The summed E-state index contributed by atoms with van der Waals surface area (Å²) in [4.78, 5) is 0. The highest BCUT2D eigenvalue weighted by Gasteiger charge is 2.27.